The molecule has 0 fully saturated rings. The highest BCUT2D eigenvalue weighted by molar-refractivity contribution is 6.08. The van der Waals surface area contributed by atoms with E-state index < -0.39 is 23.3 Å². The zero-order valence-electron chi connectivity index (χ0n) is 21.4. The van der Waals surface area contributed by atoms with E-state index in [1.807, 2.05) is 48.5 Å². The predicted octanol–water partition coefficient (Wildman–Crippen LogP) is 5.09. The summed E-state index contributed by atoms with van der Waals surface area (Å²) in [4.78, 5) is 40.5. The van der Waals surface area contributed by atoms with Gasteiger partial charge in [-0.15, -0.1) is 0 Å². The molecule has 0 unspecified atom stereocenters. The van der Waals surface area contributed by atoms with Gasteiger partial charge in [0.1, 0.15) is 5.60 Å². The van der Waals surface area contributed by atoms with Crippen LogP contribution in [0.2, 0.25) is 0 Å². The molecule has 1 aliphatic heterocycles. The van der Waals surface area contributed by atoms with Crippen molar-refractivity contribution in [3.8, 4) is 0 Å². The number of rotatable bonds is 7. The van der Waals surface area contributed by atoms with Crippen LogP contribution in [0.4, 0.5) is 16.2 Å². The van der Waals surface area contributed by atoms with Gasteiger partial charge in [0.2, 0.25) is 5.91 Å². The van der Waals surface area contributed by atoms with E-state index in [2.05, 4.69) is 10.6 Å². The van der Waals surface area contributed by atoms with Gasteiger partial charge >= 0.3 is 6.09 Å². The van der Waals surface area contributed by atoms with Gasteiger partial charge in [-0.25, -0.2) is 4.79 Å². The molecule has 3 amide bonds. The first kappa shape index (κ1) is 25.9. The molecule has 0 saturated heterocycles. The van der Waals surface area contributed by atoms with E-state index in [1.165, 1.54) is 6.92 Å². The fourth-order valence-electron chi connectivity index (χ4n) is 4.23. The summed E-state index contributed by atoms with van der Waals surface area (Å²) < 4.78 is 11.8. The van der Waals surface area contributed by atoms with Crippen molar-refractivity contribution < 1.29 is 23.9 Å². The fraction of sp³-hybridized carbons (Fsp3) is 0.276. The smallest absolute Gasteiger partial charge is 0.410 e. The van der Waals surface area contributed by atoms with E-state index in [1.54, 1.807) is 56.0 Å². The molecule has 1 atom stereocenters. The Kier molecular flexibility index (Phi) is 7.31. The third kappa shape index (κ3) is 5.81. The van der Waals surface area contributed by atoms with E-state index in [4.69, 9.17) is 9.47 Å². The minimum absolute atomic E-state index is 0.0640. The van der Waals surface area contributed by atoms with Crippen LogP contribution in [0.25, 0.3) is 0 Å². The number of ether oxygens (including phenoxy) is 2. The SMILES string of the molecule is CC(=O)Nc1ccccc1CO[C@@]1(NC(=O)OC(C)(C)C)C(=O)N(Cc2ccccc2)c2ccccc21. The number of hydrogen-bond acceptors (Lipinski definition) is 5. The number of para-hydroxylation sites is 2. The van der Waals surface area contributed by atoms with E-state index in [0.29, 0.717) is 29.0 Å². The van der Waals surface area contributed by atoms with Gasteiger partial charge in [0, 0.05) is 23.7 Å². The summed E-state index contributed by atoms with van der Waals surface area (Å²) >= 11 is 0. The van der Waals surface area contributed by atoms with E-state index in [-0.39, 0.29) is 12.5 Å². The Morgan fingerprint density at radius 1 is 0.919 bits per heavy atom. The maximum absolute atomic E-state index is 14.1. The number of hydrogen-bond donors (Lipinski definition) is 2. The second-order valence-corrected chi connectivity index (χ2v) is 9.83. The van der Waals surface area contributed by atoms with Crippen LogP contribution in [0.3, 0.4) is 0 Å². The monoisotopic (exact) mass is 501 g/mol. The Morgan fingerprint density at radius 3 is 2.27 bits per heavy atom. The van der Waals surface area contributed by atoms with Crippen molar-refractivity contribution in [1.29, 1.82) is 0 Å². The first-order chi connectivity index (χ1) is 17.6. The molecule has 3 aromatic rings. The number of fused-ring (bicyclic) bond motifs is 1. The van der Waals surface area contributed by atoms with Crippen LogP contribution in [0.1, 0.15) is 44.4 Å². The Labute approximate surface area is 216 Å². The topological polar surface area (TPSA) is 97.0 Å². The van der Waals surface area contributed by atoms with Crippen molar-refractivity contribution in [2.24, 2.45) is 0 Å². The standard InChI is InChI=1S/C29H31N3O5/c1-20(33)30-24-16-10-8-14-22(24)19-36-29(31-27(35)37-28(2,3)4)23-15-9-11-17-25(23)32(26(29)34)18-21-12-6-5-7-13-21/h5-17H,18-19H2,1-4H3,(H,30,33)(H,31,35)/t29-/m1/s1. The summed E-state index contributed by atoms with van der Waals surface area (Å²) in [6.45, 7) is 6.88. The number of amides is 3. The molecule has 0 bridgehead atoms. The summed E-state index contributed by atoms with van der Waals surface area (Å²) in [6, 6.07) is 23.9. The van der Waals surface area contributed by atoms with Gasteiger partial charge in [-0.05, 0) is 38.5 Å². The number of nitrogens with zero attached hydrogens (tertiary/aromatic N) is 1. The van der Waals surface area contributed by atoms with Crippen LogP contribution in [0.5, 0.6) is 0 Å². The van der Waals surface area contributed by atoms with Gasteiger partial charge in [-0.2, -0.15) is 0 Å². The minimum atomic E-state index is -1.84. The lowest BCUT2D eigenvalue weighted by atomic mass is 10.0. The summed E-state index contributed by atoms with van der Waals surface area (Å²) in [5.74, 6) is -0.675. The summed E-state index contributed by atoms with van der Waals surface area (Å²) in [6.07, 6.45) is -0.785. The number of carbonyl (C=O) groups excluding carboxylic acids is 3. The maximum atomic E-state index is 14.1. The second kappa shape index (κ2) is 10.4. The lowest BCUT2D eigenvalue weighted by Gasteiger charge is -2.31. The van der Waals surface area contributed by atoms with Gasteiger partial charge in [-0.3, -0.25) is 14.9 Å². The molecule has 1 aliphatic rings. The largest absolute Gasteiger partial charge is 0.444 e. The second-order valence-electron chi connectivity index (χ2n) is 9.83. The molecule has 4 rings (SSSR count). The van der Waals surface area contributed by atoms with Crippen molar-refractivity contribution in [1.82, 2.24) is 5.32 Å². The lowest BCUT2D eigenvalue weighted by molar-refractivity contribution is -0.151. The maximum Gasteiger partial charge on any atom is 0.410 e. The quantitative estimate of drug-likeness (QED) is 0.440. The van der Waals surface area contributed by atoms with Gasteiger partial charge in [0.05, 0.1) is 18.8 Å². The summed E-state index contributed by atoms with van der Waals surface area (Å²) in [5.41, 5.74) is 0.638. The zero-order chi connectivity index (χ0) is 26.6. The average molecular weight is 502 g/mol. The number of anilines is 2. The molecule has 0 radical (unpaired) electrons. The van der Waals surface area contributed by atoms with Crippen molar-refractivity contribution in [3.63, 3.8) is 0 Å². The van der Waals surface area contributed by atoms with Crippen LogP contribution in [-0.4, -0.2) is 23.5 Å². The lowest BCUT2D eigenvalue weighted by Crippen LogP contribution is -2.55. The minimum Gasteiger partial charge on any atom is -0.444 e. The van der Waals surface area contributed by atoms with Crippen molar-refractivity contribution in [2.45, 2.75) is 52.2 Å². The average Bonchev–Trinajstić information content (AvgIpc) is 3.05. The summed E-state index contributed by atoms with van der Waals surface area (Å²) in [7, 11) is 0. The number of alkyl carbamates (subject to hydrolysis) is 1. The molecular weight excluding hydrogens is 470 g/mol. The molecule has 0 aliphatic carbocycles. The Bertz CT molecular complexity index is 1300. The number of carbonyl (C=O) groups is 3. The predicted molar refractivity (Wildman–Crippen MR) is 141 cm³/mol. The van der Waals surface area contributed by atoms with Crippen LogP contribution >= 0.6 is 0 Å². The molecule has 0 saturated carbocycles. The molecular formula is C29H31N3O5. The third-order valence-electron chi connectivity index (χ3n) is 5.75. The van der Waals surface area contributed by atoms with E-state index in [0.717, 1.165) is 5.56 Å². The van der Waals surface area contributed by atoms with Gasteiger partial charge < -0.3 is 19.7 Å². The first-order valence-electron chi connectivity index (χ1n) is 12.0. The molecule has 0 aromatic heterocycles. The Morgan fingerprint density at radius 2 is 1.57 bits per heavy atom. The van der Waals surface area contributed by atoms with E-state index in [9.17, 15) is 14.4 Å². The normalized spacial score (nSPS) is 16.8. The fourth-order valence-corrected chi connectivity index (χ4v) is 4.23. The highest BCUT2D eigenvalue weighted by atomic mass is 16.6. The van der Waals surface area contributed by atoms with Crippen LogP contribution < -0.4 is 15.5 Å². The Hall–Kier alpha value is -4.17. The van der Waals surface area contributed by atoms with Crippen LogP contribution in [0, 0.1) is 0 Å². The first-order valence-corrected chi connectivity index (χ1v) is 12.0. The van der Waals surface area contributed by atoms with Gasteiger partial charge in [0.15, 0.2) is 0 Å². The molecule has 1 heterocycles. The molecule has 8 nitrogen and oxygen atoms in total. The molecule has 192 valence electrons. The highest BCUT2D eigenvalue weighted by Gasteiger charge is 2.54. The summed E-state index contributed by atoms with van der Waals surface area (Å²) in [5, 5.41) is 5.52. The molecule has 2 N–H and O–H groups in total. The van der Waals surface area contributed by atoms with Gasteiger partial charge in [0.25, 0.3) is 11.6 Å². The van der Waals surface area contributed by atoms with Crippen molar-refractivity contribution in [2.75, 3.05) is 10.2 Å². The Balaban J connectivity index is 1.74. The molecule has 37 heavy (non-hydrogen) atoms. The number of nitrogens with one attached hydrogen (secondary N) is 2. The molecule has 0 spiro atoms. The van der Waals surface area contributed by atoms with Crippen LogP contribution in [0.15, 0.2) is 78.9 Å². The van der Waals surface area contributed by atoms with Crippen molar-refractivity contribution in [3.05, 3.63) is 95.6 Å². The van der Waals surface area contributed by atoms with Crippen LogP contribution in [-0.2, 0) is 37.9 Å². The molecule has 3 aromatic carbocycles. The van der Waals surface area contributed by atoms with E-state index >= 15 is 0 Å². The third-order valence-corrected chi connectivity index (χ3v) is 5.75. The van der Waals surface area contributed by atoms with Crippen molar-refractivity contribution >= 4 is 29.3 Å². The van der Waals surface area contributed by atoms with Gasteiger partial charge in [-0.1, -0.05) is 66.7 Å². The highest BCUT2D eigenvalue weighted by Crippen LogP contribution is 2.43. The zero-order valence-corrected chi connectivity index (χ0v) is 21.4. The number of benzene rings is 3. The molecule has 8 heteroatoms.